The van der Waals surface area contributed by atoms with Gasteiger partial charge in [0, 0.05) is 18.3 Å². The highest BCUT2D eigenvalue weighted by molar-refractivity contribution is 5.96. The van der Waals surface area contributed by atoms with Gasteiger partial charge in [-0.3, -0.25) is 10.2 Å². The number of hydrogen-bond acceptors (Lipinski definition) is 3. The lowest BCUT2D eigenvalue weighted by Gasteiger charge is -2.06. The van der Waals surface area contributed by atoms with Gasteiger partial charge in [-0.25, -0.2) is 5.43 Å². The third-order valence-electron chi connectivity index (χ3n) is 1.74. The van der Waals surface area contributed by atoms with E-state index in [0.717, 1.165) is 5.56 Å². The highest BCUT2D eigenvalue weighted by Gasteiger charge is 2.07. The van der Waals surface area contributed by atoms with E-state index >= 15 is 0 Å². The highest BCUT2D eigenvalue weighted by Crippen LogP contribution is 2.11. The predicted octanol–water partition coefficient (Wildman–Crippen LogP) is 0.441. The van der Waals surface area contributed by atoms with Crippen LogP contribution >= 0.6 is 0 Å². The minimum Gasteiger partial charge on any atom is -0.399 e. The number of nitrogens with one attached hydrogen (secondary N) is 2. The minimum absolute atomic E-state index is 0.174. The van der Waals surface area contributed by atoms with Gasteiger partial charge in [-0.05, 0) is 24.6 Å². The van der Waals surface area contributed by atoms with Crippen LogP contribution < -0.4 is 16.6 Å². The Labute approximate surface area is 77.1 Å². The number of aryl methyl sites for hydroxylation is 1. The maximum absolute atomic E-state index is 11.4. The number of nitrogens with two attached hydrogens (primary N) is 1. The third-order valence-corrected chi connectivity index (χ3v) is 1.74. The van der Waals surface area contributed by atoms with Gasteiger partial charge in [-0.2, -0.15) is 0 Å². The largest absolute Gasteiger partial charge is 0.399 e. The summed E-state index contributed by atoms with van der Waals surface area (Å²) in [6.45, 7) is 1.87. The van der Waals surface area contributed by atoms with Gasteiger partial charge in [0.15, 0.2) is 0 Å². The second-order valence-corrected chi connectivity index (χ2v) is 2.78. The van der Waals surface area contributed by atoms with Crippen LogP contribution in [0.4, 0.5) is 5.69 Å². The molecule has 4 N–H and O–H groups in total. The summed E-state index contributed by atoms with van der Waals surface area (Å²) in [4.78, 5) is 11.4. The summed E-state index contributed by atoms with van der Waals surface area (Å²) in [5.41, 5.74) is 12.7. The molecule has 0 atom stereocenters. The van der Waals surface area contributed by atoms with Crippen molar-refractivity contribution in [1.29, 1.82) is 0 Å². The lowest BCUT2D eigenvalue weighted by molar-refractivity contribution is 0.0937. The fourth-order valence-electron chi connectivity index (χ4n) is 1.07. The van der Waals surface area contributed by atoms with Gasteiger partial charge in [-0.15, -0.1) is 0 Å². The van der Waals surface area contributed by atoms with Crippen LogP contribution in [0.25, 0.3) is 0 Å². The van der Waals surface area contributed by atoms with Crippen LogP contribution in [-0.2, 0) is 0 Å². The molecule has 0 bridgehead atoms. The second kappa shape index (κ2) is 3.91. The quantitative estimate of drug-likeness (QED) is 0.456. The fraction of sp³-hybridized carbons (Fsp3) is 0.222. The molecule has 4 heteroatoms. The summed E-state index contributed by atoms with van der Waals surface area (Å²) in [5.74, 6) is -0.174. The first-order valence-corrected chi connectivity index (χ1v) is 3.98. The van der Waals surface area contributed by atoms with Crippen molar-refractivity contribution in [2.75, 3.05) is 12.8 Å². The summed E-state index contributed by atoms with van der Waals surface area (Å²) < 4.78 is 0. The Morgan fingerprint density at radius 2 is 2.15 bits per heavy atom. The van der Waals surface area contributed by atoms with Crippen LogP contribution in [-0.4, -0.2) is 13.0 Å². The summed E-state index contributed by atoms with van der Waals surface area (Å²) >= 11 is 0. The molecule has 0 spiro atoms. The molecule has 1 aromatic rings. The molecular formula is C9H13N3O. The van der Waals surface area contributed by atoms with Crippen molar-refractivity contribution < 1.29 is 4.79 Å². The third kappa shape index (κ3) is 2.19. The average Bonchev–Trinajstić information content (AvgIpc) is 2.09. The molecule has 0 fully saturated rings. The molecule has 13 heavy (non-hydrogen) atoms. The zero-order valence-corrected chi connectivity index (χ0v) is 7.72. The Hall–Kier alpha value is -1.55. The van der Waals surface area contributed by atoms with Crippen LogP contribution in [0.2, 0.25) is 0 Å². The average molecular weight is 179 g/mol. The summed E-state index contributed by atoms with van der Waals surface area (Å²) in [6.07, 6.45) is 0. The molecule has 0 aliphatic carbocycles. The zero-order chi connectivity index (χ0) is 9.84. The van der Waals surface area contributed by atoms with Crippen molar-refractivity contribution in [3.63, 3.8) is 0 Å². The van der Waals surface area contributed by atoms with Gasteiger partial charge >= 0.3 is 0 Å². The van der Waals surface area contributed by atoms with E-state index in [1.165, 1.54) is 0 Å². The Balaban J connectivity index is 2.99. The zero-order valence-electron chi connectivity index (χ0n) is 7.72. The Morgan fingerprint density at radius 1 is 1.46 bits per heavy atom. The first kappa shape index (κ1) is 9.54. The molecule has 1 aromatic carbocycles. The highest BCUT2D eigenvalue weighted by atomic mass is 16.2. The van der Waals surface area contributed by atoms with Gasteiger partial charge < -0.3 is 5.73 Å². The molecule has 0 unspecified atom stereocenters. The SMILES string of the molecule is CNNC(=O)c1cc(N)ccc1C. The fourth-order valence-corrected chi connectivity index (χ4v) is 1.07. The molecule has 4 nitrogen and oxygen atoms in total. The molecule has 0 aliphatic rings. The summed E-state index contributed by atoms with van der Waals surface area (Å²) in [5, 5.41) is 0. The van der Waals surface area contributed by atoms with Gasteiger partial charge in [0.1, 0.15) is 0 Å². The smallest absolute Gasteiger partial charge is 0.265 e. The molecule has 1 rings (SSSR count). The van der Waals surface area contributed by atoms with E-state index in [9.17, 15) is 4.79 Å². The van der Waals surface area contributed by atoms with Crippen molar-refractivity contribution in [3.05, 3.63) is 29.3 Å². The van der Waals surface area contributed by atoms with Crippen molar-refractivity contribution >= 4 is 11.6 Å². The number of benzene rings is 1. The van der Waals surface area contributed by atoms with Gasteiger partial charge in [0.05, 0.1) is 0 Å². The number of anilines is 1. The van der Waals surface area contributed by atoms with E-state index in [0.29, 0.717) is 11.3 Å². The number of carbonyl (C=O) groups is 1. The lowest BCUT2D eigenvalue weighted by Crippen LogP contribution is -2.34. The maximum atomic E-state index is 11.4. The summed E-state index contributed by atoms with van der Waals surface area (Å²) in [7, 11) is 1.64. The van der Waals surface area contributed by atoms with E-state index in [2.05, 4.69) is 10.9 Å². The van der Waals surface area contributed by atoms with E-state index in [4.69, 9.17) is 5.73 Å². The topological polar surface area (TPSA) is 67.1 Å². The Kier molecular flexibility index (Phi) is 2.87. The second-order valence-electron chi connectivity index (χ2n) is 2.78. The molecule has 0 radical (unpaired) electrons. The van der Waals surface area contributed by atoms with Crippen LogP contribution in [0.15, 0.2) is 18.2 Å². The molecule has 0 aliphatic heterocycles. The van der Waals surface area contributed by atoms with E-state index in [-0.39, 0.29) is 5.91 Å². The van der Waals surface area contributed by atoms with Crippen molar-refractivity contribution in [2.45, 2.75) is 6.92 Å². The van der Waals surface area contributed by atoms with Gasteiger partial charge in [0.25, 0.3) is 5.91 Å². The van der Waals surface area contributed by atoms with Crippen LogP contribution in [0.5, 0.6) is 0 Å². The van der Waals surface area contributed by atoms with Crippen molar-refractivity contribution in [2.24, 2.45) is 0 Å². The molecule has 0 aromatic heterocycles. The van der Waals surface area contributed by atoms with Crippen molar-refractivity contribution in [1.82, 2.24) is 10.9 Å². The molecule has 0 saturated carbocycles. The number of amides is 1. The number of hydrazine groups is 1. The molecule has 0 heterocycles. The van der Waals surface area contributed by atoms with E-state index in [1.807, 2.05) is 13.0 Å². The van der Waals surface area contributed by atoms with Crippen LogP contribution in [0.1, 0.15) is 15.9 Å². The molecular weight excluding hydrogens is 166 g/mol. The monoisotopic (exact) mass is 179 g/mol. The Morgan fingerprint density at radius 3 is 2.77 bits per heavy atom. The standard InChI is InChI=1S/C9H13N3O/c1-6-3-4-7(10)5-8(6)9(13)12-11-2/h3-5,11H,10H2,1-2H3,(H,12,13). The lowest BCUT2D eigenvalue weighted by atomic mass is 10.1. The minimum atomic E-state index is -0.174. The number of hydrogen-bond donors (Lipinski definition) is 3. The summed E-state index contributed by atoms with van der Waals surface area (Å²) in [6, 6.07) is 5.24. The van der Waals surface area contributed by atoms with Crippen LogP contribution in [0, 0.1) is 6.92 Å². The normalized spacial score (nSPS) is 9.69. The first-order valence-electron chi connectivity index (χ1n) is 3.98. The first-order chi connectivity index (χ1) is 6.15. The molecule has 70 valence electrons. The van der Waals surface area contributed by atoms with Crippen LogP contribution in [0.3, 0.4) is 0 Å². The van der Waals surface area contributed by atoms with Gasteiger partial charge in [-0.1, -0.05) is 6.07 Å². The predicted molar refractivity (Wildman–Crippen MR) is 52.1 cm³/mol. The van der Waals surface area contributed by atoms with Gasteiger partial charge in [0.2, 0.25) is 0 Å². The van der Waals surface area contributed by atoms with Crippen molar-refractivity contribution in [3.8, 4) is 0 Å². The molecule has 1 amide bonds. The molecule has 0 saturated heterocycles. The number of rotatable bonds is 2. The van der Waals surface area contributed by atoms with E-state index in [1.54, 1.807) is 19.2 Å². The number of nitrogen functional groups attached to an aromatic ring is 1. The maximum Gasteiger partial charge on any atom is 0.265 e. The number of carbonyl (C=O) groups excluding carboxylic acids is 1. The Bertz CT molecular complexity index is 323. The van der Waals surface area contributed by atoms with E-state index < -0.39 is 0 Å².